The van der Waals surface area contributed by atoms with Crippen molar-refractivity contribution in [1.29, 1.82) is 0 Å². The van der Waals surface area contributed by atoms with Gasteiger partial charge in [0.25, 0.3) is 5.91 Å². The number of methoxy groups -OCH3 is 1. The van der Waals surface area contributed by atoms with Crippen molar-refractivity contribution in [2.24, 2.45) is 0 Å². The van der Waals surface area contributed by atoms with Crippen LogP contribution in [0.1, 0.15) is 34.5 Å². The van der Waals surface area contributed by atoms with Crippen LogP contribution >= 0.6 is 0 Å². The van der Waals surface area contributed by atoms with Gasteiger partial charge in [-0.2, -0.15) is 5.10 Å². The molecule has 4 rings (SSSR count). The third-order valence-corrected chi connectivity index (χ3v) is 5.20. The second kappa shape index (κ2) is 6.44. The van der Waals surface area contributed by atoms with Gasteiger partial charge in [0.15, 0.2) is 5.69 Å². The van der Waals surface area contributed by atoms with E-state index in [1.807, 2.05) is 11.0 Å². The quantitative estimate of drug-likeness (QED) is 0.839. The molecule has 0 aliphatic carbocycles. The average Bonchev–Trinajstić information content (AvgIpc) is 2.68. The van der Waals surface area contributed by atoms with Crippen LogP contribution in [0.2, 0.25) is 0 Å². The van der Waals surface area contributed by atoms with Gasteiger partial charge in [0.1, 0.15) is 5.75 Å². The predicted molar refractivity (Wildman–Crippen MR) is 91.5 cm³/mol. The zero-order valence-electron chi connectivity index (χ0n) is 14.3. The molecule has 1 fully saturated rings. The van der Waals surface area contributed by atoms with Crippen LogP contribution in [-0.2, 0) is 16.8 Å². The number of benzene rings is 1. The first-order chi connectivity index (χ1) is 12.2. The van der Waals surface area contributed by atoms with E-state index in [2.05, 4.69) is 22.3 Å². The van der Waals surface area contributed by atoms with Crippen LogP contribution in [0.4, 0.5) is 0 Å². The molecule has 1 aromatic carbocycles. The van der Waals surface area contributed by atoms with Gasteiger partial charge < -0.3 is 14.4 Å². The smallest absolute Gasteiger partial charge is 0.274 e. The standard InChI is InChI=1S/C19H21N3O3/c1-24-15-4-5-16-14(13-15)6-12-25-19(16)7-10-22(11-8-19)18(23)17-3-2-9-20-21-17/h2-5,9,13H,6-8,10-12H2,1H3. The van der Waals surface area contributed by atoms with Crippen molar-refractivity contribution in [3.63, 3.8) is 0 Å². The largest absolute Gasteiger partial charge is 0.497 e. The molecule has 25 heavy (non-hydrogen) atoms. The minimum Gasteiger partial charge on any atom is -0.497 e. The number of nitrogens with zero attached hydrogens (tertiary/aromatic N) is 3. The van der Waals surface area contributed by atoms with Crippen molar-refractivity contribution in [2.45, 2.75) is 24.9 Å². The molecule has 1 saturated heterocycles. The summed E-state index contributed by atoms with van der Waals surface area (Å²) in [6.07, 6.45) is 4.05. The van der Waals surface area contributed by atoms with Crippen LogP contribution in [-0.4, -0.2) is 47.8 Å². The number of hydrogen-bond donors (Lipinski definition) is 0. The molecule has 6 nitrogen and oxygen atoms in total. The number of rotatable bonds is 2. The Morgan fingerprint density at radius 1 is 1.28 bits per heavy atom. The van der Waals surface area contributed by atoms with Gasteiger partial charge in [-0.3, -0.25) is 4.79 Å². The number of likely N-dealkylation sites (tertiary alicyclic amines) is 1. The lowest BCUT2D eigenvalue weighted by Gasteiger charge is -2.45. The highest BCUT2D eigenvalue weighted by molar-refractivity contribution is 5.92. The van der Waals surface area contributed by atoms with Crippen LogP contribution in [0.15, 0.2) is 36.5 Å². The van der Waals surface area contributed by atoms with E-state index in [0.717, 1.165) is 25.0 Å². The summed E-state index contributed by atoms with van der Waals surface area (Å²) in [5.41, 5.74) is 2.64. The Morgan fingerprint density at radius 2 is 2.12 bits per heavy atom. The zero-order chi connectivity index (χ0) is 17.3. The molecule has 2 aliphatic rings. The number of fused-ring (bicyclic) bond motifs is 2. The summed E-state index contributed by atoms with van der Waals surface area (Å²) in [4.78, 5) is 14.4. The first kappa shape index (κ1) is 16.0. The van der Waals surface area contributed by atoms with Gasteiger partial charge in [-0.1, -0.05) is 6.07 Å². The van der Waals surface area contributed by atoms with E-state index in [-0.39, 0.29) is 11.5 Å². The maximum Gasteiger partial charge on any atom is 0.274 e. The van der Waals surface area contributed by atoms with Crippen molar-refractivity contribution in [1.82, 2.24) is 15.1 Å². The van der Waals surface area contributed by atoms with Crippen molar-refractivity contribution in [3.05, 3.63) is 53.3 Å². The molecule has 0 N–H and O–H groups in total. The van der Waals surface area contributed by atoms with Crippen molar-refractivity contribution < 1.29 is 14.3 Å². The molecular weight excluding hydrogens is 318 g/mol. The Bertz CT molecular complexity index is 771. The summed E-state index contributed by atoms with van der Waals surface area (Å²) >= 11 is 0. The van der Waals surface area contributed by atoms with E-state index >= 15 is 0 Å². The van der Waals surface area contributed by atoms with Gasteiger partial charge in [0, 0.05) is 19.3 Å². The van der Waals surface area contributed by atoms with Crippen molar-refractivity contribution in [3.8, 4) is 5.75 Å². The monoisotopic (exact) mass is 339 g/mol. The summed E-state index contributed by atoms with van der Waals surface area (Å²) in [5, 5.41) is 7.72. The second-order valence-electron chi connectivity index (χ2n) is 6.52. The molecule has 0 atom stereocenters. The van der Waals surface area contributed by atoms with Crippen LogP contribution in [0.25, 0.3) is 0 Å². The summed E-state index contributed by atoms with van der Waals surface area (Å²) < 4.78 is 11.6. The molecule has 130 valence electrons. The minimum absolute atomic E-state index is 0.0614. The van der Waals surface area contributed by atoms with Gasteiger partial charge >= 0.3 is 0 Å². The molecule has 1 aromatic heterocycles. The first-order valence-electron chi connectivity index (χ1n) is 8.60. The first-order valence-corrected chi connectivity index (χ1v) is 8.60. The molecule has 0 radical (unpaired) electrons. The minimum atomic E-state index is -0.293. The molecule has 2 aliphatic heterocycles. The highest BCUT2D eigenvalue weighted by atomic mass is 16.5. The number of aromatic nitrogens is 2. The maximum atomic E-state index is 12.6. The molecule has 2 aromatic rings. The third-order valence-electron chi connectivity index (χ3n) is 5.20. The number of ether oxygens (including phenoxy) is 2. The lowest BCUT2D eigenvalue weighted by atomic mass is 9.79. The van der Waals surface area contributed by atoms with Crippen molar-refractivity contribution >= 4 is 5.91 Å². The Balaban J connectivity index is 1.53. The van der Waals surface area contributed by atoms with Gasteiger partial charge in [-0.15, -0.1) is 5.10 Å². The second-order valence-corrected chi connectivity index (χ2v) is 6.52. The number of hydrogen-bond acceptors (Lipinski definition) is 5. The van der Waals surface area contributed by atoms with E-state index in [1.54, 1.807) is 25.4 Å². The number of piperidine rings is 1. The lowest BCUT2D eigenvalue weighted by molar-refractivity contribution is -0.0935. The van der Waals surface area contributed by atoms with E-state index in [4.69, 9.17) is 9.47 Å². The summed E-state index contributed by atoms with van der Waals surface area (Å²) in [7, 11) is 1.69. The summed E-state index contributed by atoms with van der Waals surface area (Å²) in [6, 6.07) is 9.66. The molecule has 6 heteroatoms. The van der Waals surface area contributed by atoms with Crippen LogP contribution in [0, 0.1) is 0 Å². The Hall–Kier alpha value is -2.47. The molecule has 0 unspecified atom stereocenters. The molecule has 1 amide bonds. The summed E-state index contributed by atoms with van der Waals surface area (Å²) in [6.45, 7) is 2.01. The predicted octanol–water partition coefficient (Wildman–Crippen LogP) is 2.19. The van der Waals surface area contributed by atoms with Gasteiger partial charge in [-0.05, 0) is 54.7 Å². The van der Waals surface area contributed by atoms with Gasteiger partial charge in [0.05, 0.1) is 19.3 Å². The Labute approximate surface area is 146 Å². The normalized spacial score (nSPS) is 18.7. The van der Waals surface area contributed by atoms with E-state index in [1.165, 1.54) is 11.1 Å². The van der Waals surface area contributed by atoms with Crippen LogP contribution < -0.4 is 4.74 Å². The molecular formula is C19H21N3O3. The fraction of sp³-hybridized carbons (Fsp3) is 0.421. The molecule has 3 heterocycles. The van der Waals surface area contributed by atoms with Crippen LogP contribution in [0.5, 0.6) is 5.75 Å². The van der Waals surface area contributed by atoms with E-state index in [9.17, 15) is 4.79 Å². The molecule has 0 saturated carbocycles. The van der Waals surface area contributed by atoms with Crippen LogP contribution in [0.3, 0.4) is 0 Å². The van der Waals surface area contributed by atoms with E-state index < -0.39 is 0 Å². The topological polar surface area (TPSA) is 64.6 Å². The van der Waals surface area contributed by atoms with Gasteiger partial charge in [-0.25, -0.2) is 0 Å². The number of carbonyl (C=O) groups excluding carboxylic acids is 1. The zero-order valence-corrected chi connectivity index (χ0v) is 14.3. The molecule has 1 spiro atoms. The van der Waals surface area contributed by atoms with E-state index in [0.29, 0.717) is 25.4 Å². The highest BCUT2D eigenvalue weighted by Gasteiger charge is 2.42. The van der Waals surface area contributed by atoms with Crippen molar-refractivity contribution in [2.75, 3.05) is 26.8 Å². The SMILES string of the molecule is COc1ccc2c(c1)CCOC21CCN(C(=O)c2cccnn2)CC1. The number of carbonyl (C=O) groups is 1. The number of amides is 1. The fourth-order valence-corrected chi connectivity index (χ4v) is 3.84. The third kappa shape index (κ3) is 2.87. The average molecular weight is 339 g/mol. The fourth-order valence-electron chi connectivity index (χ4n) is 3.84. The summed E-state index contributed by atoms with van der Waals surface area (Å²) in [5.74, 6) is 0.819. The lowest BCUT2D eigenvalue weighted by Crippen LogP contribution is -2.48. The Morgan fingerprint density at radius 3 is 2.84 bits per heavy atom. The highest BCUT2D eigenvalue weighted by Crippen LogP contribution is 2.42. The maximum absolute atomic E-state index is 12.6. The van der Waals surface area contributed by atoms with Gasteiger partial charge in [0.2, 0.25) is 0 Å². The Kier molecular flexibility index (Phi) is 4.13. The molecule has 0 bridgehead atoms.